The Labute approximate surface area is 91.5 Å². The number of piperidine rings is 1. The molecule has 0 aromatic rings. The van der Waals surface area contributed by atoms with Crippen molar-refractivity contribution in [1.82, 2.24) is 5.32 Å². The Bertz CT molecular complexity index is 225. The Morgan fingerprint density at radius 1 is 1.38 bits per heavy atom. The number of carboxylic acid groups (broad SMARTS) is 1. The standard InChI is InChI=1S/C7H15NO.C2HF3O2/c1-7(6-9)2-4-8-5-3-7;3-2(4,5)1(6)7/h8-9H,2-6H2,1H3;(H,6,7). The van der Waals surface area contributed by atoms with Crippen molar-refractivity contribution in [2.75, 3.05) is 19.7 Å². The molecular formula is C9H16F3NO3. The minimum Gasteiger partial charge on any atom is -0.475 e. The average Bonchev–Trinajstić information content (AvgIpc) is 2.18. The molecule has 1 heterocycles. The van der Waals surface area contributed by atoms with Gasteiger partial charge in [-0.3, -0.25) is 0 Å². The zero-order valence-electron chi connectivity index (χ0n) is 8.97. The zero-order chi connectivity index (χ0) is 12.8. The maximum absolute atomic E-state index is 10.6. The summed E-state index contributed by atoms with van der Waals surface area (Å²) in [6, 6.07) is 0. The lowest BCUT2D eigenvalue weighted by atomic mass is 9.82. The van der Waals surface area contributed by atoms with Crippen LogP contribution < -0.4 is 5.32 Å². The van der Waals surface area contributed by atoms with Crippen molar-refractivity contribution in [1.29, 1.82) is 0 Å². The second-order valence-corrected chi connectivity index (χ2v) is 4.02. The van der Waals surface area contributed by atoms with Gasteiger partial charge in [-0.1, -0.05) is 6.92 Å². The molecule has 0 aliphatic carbocycles. The van der Waals surface area contributed by atoms with Crippen LogP contribution in [0.1, 0.15) is 19.8 Å². The minimum atomic E-state index is -5.08. The van der Waals surface area contributed by atoms with Gasteiger partial charge in [0.15, 0.2) is 0 Å². The summed E-state index contributed by atoms with van der Waals surface area (Å²) < 4.78 is 31.7. The molecule has 0 bridgehead atoms. The SMILES string of the molecule is CC1(CO)CCNCC1.O=C(O)C(F)(F)F. The van der Waals surface area contributed by atoms with E-state index >= 15 is 0 Å². The van der Waals surface area contributed by atoms with Gasteiger partial charge in [-0.05, 0) is 31.3 Å². The van der Waals surface area contributed by atoms with Crippen LogP contribution in [-0.4, -0.2) is 42.1 Å². The number of alkyl halides is 3. The van der Waals surface area contributed by atoms with Crippen LogP contribution in [-0.2, 0) is 4.79 Å². The molecule has 1 aliphatic rings. The maximum Gasteiger partial charge on any atom is 0.490 e. The molecule has 1 aliphatic heterocycles. The molecule has 0 spiro atoms. The highest BCUT2D eigenvalue weighted by atomic mass is 19.4. The molecule has 0 amide bonds. The van der Waals surface area contributed by atoms with E-state index in [2.05, 4.69) is 12.2 Å². The van der Waals surface area contributed by atoms with Crippen LogP contribution in [0.25, 0.3) is 0 Å². The van der Waals surface area contributed by atoms with Crippen molar-refractivity contribution in [3.05, 3.63) is 0 Å². The Morgan fingerprint density at radius 2 is 1.75 bits per heavy atom. The zero-order valence-corrected chi connectivity index (χ0v) is 8.97. The highest BCUT2D eigenvalue weighted by Gasteiger charge is 2.38. The van der Waals surface area contributed by atoms with Gasteiger partial charge in [-0.2, -0.15) is 13.2 Å². The number of aliphatic hydroxyl groups excluding tert-OH is 1. The van der Waals surface area contributed by atoms with Gasteiger partial charge < -0.3 is 15.5 Å². The van der Waals surface area contributed by atoms with E-state index in [0.29, 0.717) is 6.61 Å². The molecule has 16 heavy (non-hydrogen) atoms. The van der Waals surface area contributed by atoms with E-state index in [-0.39, 0.29) is 5.41 Å². The fourth-order valence-corrected chi connectivity index (χ4v) is 1.19. The molecule has 0 atom stereocenters. The quantitative estimate of drug-likeness (QED) is 0.642. The molecule has 0 radical (unpaired) electrons. The summed E-state index contributed by atoms with van der Waals surface area (Å²) in [6.45, 7) is 4.62. The first-order valence-electron chi connectivity index (χ1n) is 4.83. The summed E-state index contributed by atoms with van der Waals surface area (Å²) in [7, 11) is 0. The predicted octanol–water partition coefficient (Wildman–Crippen LogP) is 1.00. The fraction of sp³-hybridized carbons (Fsp3) is 0.889. The Morgan fingerprint density at radius 3 is 1.94 bits per heavy atom. The molecule has 1 saturated heterocycles. The Hall–Kier alpha value is -0.820. The van der Waals surface area contributed by atoms with E-state index in [1.165, 1.54) is 0 Å². The number of carbonyl (C=O) groups is 1. The summed E-state index contributed by atoms with van der Waals surface area (Å²) in [4.78, 5) is 8.90. The molecule has 0 aromatic carbocycles. The third-order valence-electron chi connectivity index (χ3n) is 2.43. The van der Waals surface area contributed by atoms with Crippen molar-refractivity contribution < 1.29 is 28.2 Å². The van der Waals surface area contributed by atoms with E-state index < -0.39 is 12.1 Å². The fourth-order valence-electron chi connectivity index (χ4n) is 1.19. The number of aliphatic hydroxyl groups is 1. The van der Waals surface area contributed by atoms with E-state index in [9.17, 15) is 13.2 Å². The third kappa shape index (κ3) is 5.92. The van der Waals surface area contributed by atoms with Crippen LogP contribution in [0.4, 0.5) is 13.2 Å². The maximum atomic E-state index is 10.6. The first-order valence-corrected chi connectivity index (χ1v) is 4.83. The molecule has 0 saturated carbocycles. The largest absolute Gasteiger partial charge is 0.490 e. The van der Waals surface area contributed by atoms with Crippen molar-refractivity contribution >= 4 is 5.97 Å². The summed E-state index contributed by atoms with van der Waals surface area (Å²) in [5.74, 6) is -2.76. The number of halogens is 3. The lowest BCUT2D eigenvalue weighted by Gasteiger charge is -2.31. The van der Waals surface area contributed by atoms with Gasteiger partial charge in [-0.25, -0.2) is 4.79 Å². The molecule has 3 N–H and O–H groups in total. The van der Waals surface area contributed by atoms with Gasteiger partial charge in [-0.15, -0.1) is 0 Å². The molecule has 0 unspecified atom stereocenters. The first-order chi connectivity index (χ1) is 7.21. The highest BCUT2D eigenvalue weighted by Crippen LogP contribution is 2.26. The summed E-state index contributed by atoms with van der Waals surface area (Å²) in [5.41, 5.74) is 0.214. The molecule has 96 valence electrons. The van der Waals surface area contributed by atoms with E-state index in [1.54, 1.807) is 0 Å². The molecule has 4 nitrogen and oxygen atoms in total. The summed E-state index contributed by atoms with van der Waals surface area (Å²) in [6.07, 6.45) is -2.85. The molecular weight excluding hydrogens is 227 g/mol. The predicted molar refractivity (Wildman–Crippen MR) is 51.0 cm³/mol. The van der Waals surface area contributed by atoms with E-state index in [0.717, 1.165) is 25.9 Å². The number of rotatable bonds is 1. The van der Waals surface area contributed by atoms with E-state index in [1.807, 2.05) is 0 Å². The molecule has 1 rings (SSSR count). The average molecular weight is 243 g/mol. The van der Waals surface area contributed by atoms with Gasteiger partial charge in [0.25, 0.3) is 0 Å². The van der Waals surface area contributed by atoms with Gasteiger partial charge in [0, 0.05) is 6.61 Å². The lowest BCUT2D eigenvalue weighted by molar-refractivity contribution is -0.192. The van der Waals surface area contributed by atoms with Gasteiger partial charge in [0.2, 0.25) is 0 Å². The smallest absolute Gasteiger partial charge is 0.475 e. The summed E-state index contributed by atoms with van der Waals surface area (Å²) >= 11 is 0. The monoisotopic (exact) mass is 243 g/mol. The van der Waals surface area contributed by atoms with Gasteiger partial charge in [0.05, 0.1) is 0 Å². The molecule has 7 heteroatoms. The lowest BCUT2D eigenvalue weighted by Crippen LogP contribution is -2.36. The van der Waals surface area contributed by atoms with Crippen LogP contribution >= 0.6 is 0 Å². The van der Waals surface area contributed by atoms with Crippen LogP contribution in [0.2, 0.25) is 0 Å². The molecule has 0 aromatic heterocycles. The van der Waals surface area contributed by atoms with Crippen molar-refractivity contribution in [2.45, 2.75) is 25.9 Å². The first kappa shape index (κ1) is 15.2. The summed E-state index contributed by atoms with van der Waals surface area (Å²) in [5, 5.41) is 19.3. The second kappa shape index (κ2) is 6.05. The van der Waals surface area contributed by atoms with Crippen molar-refractivity contribution in [2.24, 2.45) is 5.41 Å². The van der Waals surface area contributed by atoms with E-state index in [4.69, 9.17) is 15.0 Å². The minimum absolute atomic E-state index is 0.214. The third-order valence-corrected chi connectivity index (χ3v) is 2.43. The van der Waals surface area contributed by atoms with Gasteiger partial charge in [0.1, 0.15) is 0 Å². The van der Waals surface area contributed by atoms with Crippen LogP contribution in [0, 0.1) is 5.41 Å². The number of hydrogen-bond donors (Lipinski definition) is 3. The molecule has 1 fully saturated rings. The number of nitrogens with one attached hydrogen (secondary N) is 1. The normalized spacial score (nSPS) is 19.6. The van der Waals surface area contributed by atoms with Crippen molar-refractivity contribution in [3.63, 3.8) is 0 Å². The van der Waals surface area contributed by atoms with Crippen LogP contribution in [0.5, 0.6) is 0 Å². The Balaban J connectivity index is 0.000000293. The van der Waals surface area contributed by atoms with Crippen LogP contribution in [0.15, 0.2) is 0 Å². The van der Waals surface area contributed by atoms with Crippen molar-refractivity contribution in [3.8, 4) is 0 Å². The second-order valence-electron chi connectivity index (χ2n) is 4.02. The van der Waals surface area contributed by atoms with Crippen LogP contribution in [0.3, 0.4) is 0 Å². The van der Waals surface area contributed by atoms with Gasteiger partial charge >= 0.3 is 12.1 Å². The number of hydrogen-bond acceptors (Lipinski definition) is 3. The number of aliphatic carboxylic acids is 1. The highest BCUT2D eigenvalue weighted by molar-refractivity contribution is 5.73. The number of carboxylic acids is 1. The topological polar surface area (TPSA) is 69.6 Å². The Kier molecular flexibility index (Phi) is 5.74.